The molecule has 26 heavy (non-hydrogen) atoms. The highest BCUT2D eigenvalue weighted by Gasteiger charge is 2.56. The lowest BCUT2D eigenvalue weighted by Gasteiger charge is -2.37. The Kier molecular flexibility index (Phi) is 4.74. The largest absolute Gasteiger partial charge is 0.481 e. The quantitative estimate of drug-likeness (QED) is 0.901. The first-order valence-electron chi connectivity index (χ1n) is 9.90. The first-order valence-corrected chi connectivity index (χ1v) is 9.90. The molecule has 1 saturated carbocycles. The SMILES string of the molecule is O=C(C1CCCCN1Cc1ccccc1)N1C[C@@H]2CCC[C@@]2(C(=O)O)C1. The van der Waals surface area contributed by atoms with E-state index in [1.165, 1.54) is 5.56 Å². The number of hydrogen-bond donors (Lipinski definition) is 1. The maximum Gasteiger partial charge on any atom is 0.311 e. The van der Waals surface area contributed by atoms with Crippen LogP contribution in [0.5, 0.6) is 0 Å². The molecule has 0 bridgehead atoms. The lowest BCUT2D eigenvalue weighted by atomic mass is 9.81. The zero-order valence-electron chi connectivity index (χ0n) is 15.3. The van der Waals surface area contributed by atoms with Gasteiger partial charge in [-0.15, -0.1) is 0 Å². The molecule has 0 aromatic heterocycles. The minimum atomic E-state index is -0.708. The summed E-state index contributed by atoms with van der Waals surface area (Å²) in [6, 6.07) is 10.2. The number of piperidine rings is 1. The molecule has 2 heterocycles. The summed E-state index contributed by atoms with van der Waals surface area (Å²) in [6.07, 6.45) is 5.71. The van der Waals surface area contributed by atoms with Gasteiger partial charge in [0.1, 0.15) is 0 Å². The summed E-state index contributed by atoms with van der Waals surface area (Å²) >= 11 is 0. The van der Waals surface area contributed by atoms with Crippen molar-refractivity contribution in [2.24, 2.45) is 11.3 Å². The van der Waals surface area contributed by atoms with E-state index in [0.29, 0.717) is 13.1 Å². The molecule has 1 aromatic carbocycles. The number of aliphatic carboxylic acids is 1. The zero-order valence-corrected chi connectivity index (χ0v) is 15.3. The molecule has 2 saturated heterocycles. The van der Waals surface area contributed by atoms with Crippen molar-refractivity contribution >= 4 is 11.9 Å². The van der Waals surface area contributed by atoms with E-state index in [2.05, 4.69) is 17.0 Å². The fraction of sp³-hybridized carbons (Fsp3) is 0.619. The van der Waals surface area contributed by atoms with Crippen LogP contribution in [0, 0.1) is 11.3 Å². The average molecular weight is 356 g/mol. The molecule has 1 aliphatic carbocycles. The van der Waals surface area contributed by atoms with Gasteiger partial charge in [0, 0.05) is 19.6 Å². The minimum Gasteiger partial charge on any atom is -0.481 e. The molecule has 3 fully saturated rings. The van der Waals surface area contributed by atoms with E-state index in [1.54, 1.807) is 0 Å². The summed E-state index contributed by atoms with van der Waals surface area (Å²) in [6.45, 7) is 2.76. The third-order valence-electron chi connectivity index (χ3n) is 6.74. The van der Waals surface area contributed by atoms with Gasteiger partial charge in [0.25, 0.3) is 0 Å². The van der Waals surface area contributed by atoms with Gasteiger partial charge in [-0.1, -0.05) is 43.2 Å². The van der Waals surface area contributed by atoms with E-state index in [9.17, 15) is 14.7 Å². The van der Waals surface area contributed by atoms with E-state index < -0.39 is 11.4 Å². The molecule has 140 valence electrons. The van der Waals surface area contributed by atoms with Crippen molar-refractivity contribution in [3.63, 3.8) is 0 Å². The summed E-state index contributed by atoms with van der Waals surface area (Å²) in [5.74, 6) is -0.425. The van der Waals surface area contributed by atoms with Crippen LogP contribution in [-0.4, -0.2) is 52.5 Å². The highest BCUT2D eigenvalue weighted by atomic mass is 16.4. The number of benzene rings is 1. The van der Waals surface area contributed by atoms with Crippen LogP contribution < -0.4 is 0 Å². The van der Waals surface area contributed by atoms with Gasteiger partial charge in [-0.25, -0.2) is 0 Å². The summed E-state index contributed by atoms with van der Waals surface area (Å²) in [5, 5.41) is 9.78. The summed E-state index contributed by atoms with van der Waals surface area (Å²) in [5.41, 5.74) is 0.543. The number of likely N-dealkylation sites (tertiary alicyclic amines) is 2. The number of nitrogens with zero attached hydrogens (tertiary/aromatic N) is 2. The molecular formula is C21H28N2O3. The molecule has 1 N–H and O–H groups in total. The molecule has 0 radical (unpaired) electrons. The molecule has 0 spiro atoms. The van der Waals surface area contributed by atoms with E-state index in [1.807, 2.05) is 23.1 Å². The van der Waals surface area contributed by atoms with Crippen molar-refractivity contribution in [1.82, 2.24) is 9.80 Å². The first kappa shape index (κ1) is 17.5. The highest BCUT2D eigenvalue weighted by Crippen LogP contribution is 2.49. The van der Waals surface area contributed by atoms with Crippen LogP contribution in [0.3, 0.4) is 0 Å². The minimum absolute atomic E-state index is 0.103. The molecule has 2 aliphatic heterocycles. The number of fused-ring (bicyclic) bond motifs is 1. The Morgan fingerprint density at radius 1 is 1.12 bits per heavy atom. The molecule has 3 atom stereocenters. The van der Waals surface area contributed by atoms with E-state index in [0.717, 1.165) is 51.6 Å². The first-order chi connectivity index (χ1) is 12.6. The number of rotatable bonds is 4. The fourth-order valence-corrected chi connectivity index (χ4v) is 5.30. The van der Waals surface area contributed by atoms with Gasteiger partial charge in [0.15, 0.2) is 0 Å². The number of carboxylic acids is 1. The lowest BCUT2D eigenvalue weighted by Crippen LogP contribution is -2.50. The second kappa shape index (κ2) is 7.03. The number of hydrogen-bond acceptors (Lipinski definition) is 3. The number of carboxylic acid groups (broad SMARTS) is 1. The maximum atomic E-state index is 13.3. The summed E-state index contributed by atoms with van der Waals surface area (Å²) in [7, 11) is 0. The number of amides is 1. The average Bonchev–Trinajstić information content (AvgIpc) is 3.21. The standard InChI is InChI=1S/C21H28N2O3/c24-19(23-14-17-9-6-11-21(17,15-23)20(25)26)18-10-4-5-12-22(18)13-16-7-2-1-3-8-16/h1-3,7-8,17-18H,4-6,9-15H2,(H,25,26)/t17-,18?,21+/m0/s1. The Hall–Kier alpha value is -1.88. The van der Waals surface area contributed by atoms with E-state index >= 15 is 0 Å². The van der Waals surface area contributed by atoms with Crippen LogP contribution in [0.2, 0.25) is 0 Å². The van der Waals surface area contributed by atoms with Gasteiger partial charge in [0.05, 0.1) is 11.5 Å². The fourth-order valence-electron chi connectivity index (χ4n) is 5.30. The molecule has 3 aliphatic rings. The van der Waals surface area contributed by atoms with Gasteiger partial charge in [-0.2, -0.15) is 0 Å². The monoisotopic (exact) mass is 356 g/mol. The predicted molar refractivity (Wildman–Crippen MR) is 98.5 cm³/mol. The van der Waals surface area contributed by atoms with E-state index in [-0.39, 0.29) is 17.9 Å². The second-order valence-electron chi connectivity index (χ2n) is 8.24. The maximum absolute atomic E-state index is 13.3. The summed E-state index contributed by atoms with van der Waals surface area (Å²) < 4.78 is 0. The molecule has 1 aromatic rings. The molecule has 5 nitrogen and oxygen atoms in total. The number of carbonyl (C=O) groups excluding carboxylic acids is 1. The molecule has 5 heteroatoms. The second-order valence-corrected chi connectivity index (χ2v) is 8.24. The molecular weight excluding hydrogens is 328 g/mol. The van der Waals surface area contributed by atoms with Crippen molar-refractivity contribution in [2.45, 2.75) is 51.1 Å². The van der Waals surface area contributed by atoms with Gasteiger partial charge in [-0.3, -0.25) is 14.5 Å². The Labute approximate surface area is 155 Å². The van der Waals surface area contributed by atoms with Crippen LogP contribution >= 0.6 is 0 Å². The summed E-state index contributed by atoms with van der Waals surface area (Å²) in [4.78, 5) is 29.4. The van der Waals surface area contributed by atoms with Crippen LogP contribution in [0.4, 0.5) is 0 Å². The van der Waals surface area contributed by atoms with E-state index in [4.69, 9.17) is 0 Å². The Morgan fingerprint density at radius 3 is 2.65 bits per heavy atom. The zero-order chi connectivity index (χ0) is 18.1. The van der Waals surface area contributed by atoms with Gasteiger partial charge >= 0.3 is 5.97 Å². The molecule has 1 unspecified atom stereocenters. The van der Waals surface area contributed by atoms with Gasteiger partial charge in [-0.05, 0) is 43.7 Å². The number of carbonyl (C=O) groups is 2. The van der Waals surface area contributed by atoms with Crippen molar-refractivity contribution in [3.8, 4) is 0 Å². The van der Waals surface area contributed by atoms with Crippen molar-refractivity contribution < 1.29 is 14.7 Å². The van der Waals surface area contributed by atoms with Crippen LogP contribution in [0.1, 0.15) is 44.1 Å². The Bertz CT molecular complexity index is 677. The van der Waals surface area contributed by atoms with Crippen molar-refractivity contribution in [2.75, 3.05) is 19.6 Å². The predicted octanol–water partition coefficient (Wildman–Crippen LogP) is 2.75. The third kappa shape index (κ3) is 3.02. The smallest absolute Gasteiger partial charge is 0.311 e. The van der Waals surface area contributed by atoms with Gasteiger partial charge < -0.3 is 10.0 Å². The Balaban J connectivity index is 1.48. The van der Waals surface area contributed by atoms with Crippen LogP contribution in [-0.2, 0) is 16.1 Å². The van der Waals surface area contributed by atoms with Crippen molar-refractivity contribution in [3.05, 3.63) is 35.9 Å². The van der Waals surface area contributed by atoms with Crippen LogP contribution in [0.25, 0.3) is 0 Å². The topological polar surface area (TPSA) is 60.9 Å². The molecule has 4 rings (SSSR count). The Morgan fingerprint density at radius 2 is 1.92 bits per heavy atom. The third-order valence-corrected chi connectivity index (χ3v) is 6.74. The van der Waals surface area contributed by atoms with Crippen LogP contribution in [0.15, 0.2) is 30.3 Å². The molecule has 1 amide bonds. The van der Waals surface area contributed by atoms with Gasteiger partial charge in [0.2, 0.25) is 5.91 Å². The normalized spacial score (nSPS) is 31.8. The van der Waals surface area contributed by atoms with Crippen molar-refractivity contribution in [1.29, 1.82) is 0 Å². The highest BCUT2D eigenvalue weighted by molar-refractivity contribution is 5.85. The lowest BCUT2D eigenvalue weighted by molar-refractivity contribution is -0.150.